The summed E-state index contributed by atoms with van der Waals surface area (Å²) in [6.45, 7) is 0.0147. The smallest absolute Gasteiger partial charge is 0.327 e. The Balaban J connectivity index is 1.87. The van der Waals surface area contributed by atoms with Crippen molar-refractivity contribution in [2.24, 2.45) is 11.8 Å². The molecule has 2 rings (SSSR count). The first-order valence-electron chi connectivity index (χ1n) is 9.37. The maximum Gasteiger partial charge on any atom is 0.327 e. The Bertz CT molecular complexity index is 785. The fourth-order valence-electron chi connectivity index (χ4n) is 3.16. The zero-order chi connectivity index (χ0) is 21.2. The normalized spacial score (nSPS) is 23.4. The molecule has 0 bridgehead atoms. The summed E-state index contributed by atoms with van der Waals surface area (Å²) in [6.07, 6.45) is 8.74. The number of rotatable bonds is 10. The number of carbonyl (C=O) groups is 2. The molecule has 0 spiro atoms. The van der Waals surface area contributed by atoms with Gasteiger partial charge in [-0.15, -0.1) is 0 Å². The number of hydrogen-bond acceptors (Lipinski definition) is 5. The lowest BCUT2D eigenvalue weighted by Gasteiger charge is -2.17. The van der Waals surface area contributed by atoms with Gasteiger partial charge in [0.1, 0.15) is 24.2 Å². The minimum atomic E-state index is -1.00. The highest BCUT2D eigenvalue weighted by Gasteiger charge is 2.39. The summed E-state index contributed by atoms with van der Waals surface area (Å²) in [6, 6.07) is 6.84. The second-order valence-corrected chi connectivity index (χ2v) is 7.27. The number of allylic oxidation sites excluding steroid dienone is 4. The monoisotopic (exact) mass is 420 g/mol. The van der Waals surface area contributed by atoms with Crippen molar-refractivity contribution in [3.63, 3.8) is 0 Å². The van der Waals surface area contributed by atoms with E-state index in [1.165, 1.54) is 12.2 Å². The van der Waals surface area contributed by atoms with Gasteiger partial charge in [-0.25, -0.2) is 4.79 Å². The first kappa shape index (κ1) is 22.9. The number of aliphatic hydroxyl groups excluding tert-OH is 2. The molecule has 3 N–H and O–H groups in total. The Hall–Kier alpha value is -2.41. The highest BCUT2D eigenvalue weighted by molar-refractivity contribution is 6.30. The molecule has 29 heavy (non-hydrogen) atoms. The molecule has 1 aromatic carbocycles. The summed E-state index contributed by atoms with van der Waals surface area (Å²) in [5.74, 6) is -1.29. The van der Waals surface area contributed by atoms with E-state index in [-0.39, 0.29) is 24.7 Å². The number of ether oxygens (including phenoxy) is 1. The largest absolute Gasteiger partial charge is 0.491 e. The van der Waals surface area contributed by atoms with Gasteiger partial charge in [0.2, 0.25) is 0 Å². The average Bonchev–Trinajstić information content (AvgIpc) is 2.93. The maximum atomic E-state index is 12.2. The molecule has 4 atom stereocenters. The second-order valence-electron chi connectivity index (χ2n) is 6.83. The lowest BCUT2D eigenvalue weighted by molar-refractivity contribution is -0.131. The summed E-state index contributed by atoms with van der Waals surface area (Å²) in [5.41, 5.74) is 0. The molecule has 0 unspecified atom stereocenters. The molecule has 1 aliphatic carbocycles. The molecule has 1 aliphatic rings. The average molecular weight is 421 g/mol. The molecule has 1 fully saturated rings. The third-order valence-corrected chi connectivity index (χ3v) is 4.84. The summed E-state index contributed by atoms with van der Waals surface area (Å²) in [4.78, 5) is 22.6. The van der Waals surface area contributed by atoms with E-state index in [0.29, 0.717) is 23.6 Å². The van der Waals surface area contributed by atoms with Crippen LogP contribution in [0.2, 0.25) is 5.02 Å². The van der Waals surface area contributed by atoms with Gasteiger partial charge in [0.15, 0.2) is 0 Å². The maximum absolute atomic E-state index is 12.2. The standard InChI is InChI=1S/C22H25ClO6/c23-15-6-5-7-17(12-15)29-14-16(24)10-11-19-18(20(25)13-21(19)26)8-3-1-2-4-9-22(27)28/h1,3-7,9-12,16,18-20,24-25H,2,8,13-14H2,(H,27,28)/b3-1-,9-4+,11-10+/t16-,18-,19-,20+/m1/s1. The van der Waals surface area contributed by atoms with Crippen molar-refractivity contribution in [3.05, 3.63) is 65.7 Å². The minimum Gasteiger partial charge on any atom is -0.491 e. The van der Waals surface area contributed by atoms with Crippen LogP contribution < -0.4 is 4.74 Å². The van der Waals surface area contributed by atoms with Crippen molar-refractivity contribution in [1.29, 1.82) is 0 Å². The van der Waals surface area contributed by atoms with Gasteiger partial charge in [0, 0.05) is 29.4 Å². The third kappa shape index (κ3) is 7.85. The first-order chi connectivity index (χ1) is 13.9. The van der Waals surface area contributed by atoms with E-state index in [2.05, 4.69) is 0 Å². The van der Waals surface area contributed by atoms with Gasteiger partial charge in [-0.3, -0.25) is 4.79 Å². The van der Waals surface area contributed by atoms with Crippen LogP contribution in [-0.4, -0.2) is 45.9 Å². The van der Waals surface area contributed by atoms with E-state index < -0.39 is 24.1 Å². The second kappa shape index (κ2) is 11.6. The van der Waals surface area contributed by atoms with E-state index >= 15 is 0 Å². The molecular weight excluding hydrogens is 396 g/mol. The minimum absolute atomic E-state index is 0.0147. The Kier molecular flexibility index (Phi) is 9.12. The number of carboxylic acid groups (broad SMARTS) is 1. The van der Waals surface area contributed by atoms with Crippen LogP contribution in [0.15, 0.2) is 60.7 Å². The van der Waals surface area contributed by atoms with E-state index in [9.17, 15) is 19.8 Å². The molecule has 0 aliphatic heterocycles. The molecule has 0 amide bonds. The molecule has 1 aromatic rings. The van der Waals surface area contributed by atoms with Crippen molar-refractivity contribution < 1.29 is 29.6 Å². The highest BCUT2D eigenvalue weighted by Crippen LogP contribution is 2.33. The number of ketones is 1. The molecule has 7 heteroatoms. The third-order valence-electron chi connectivity index (χ3n) is 4.60. The lowest BCUT2D eigenvalue weighted by Crippen LogP contribution is -2.20. The predicted octanol–water partition coefficient (Wildman–Crippen LogP) is 3.18. The summed E-state index contributed by atoms with van der Waals surface area (Å²) < 4.78 is 5.48. The zero-order valence-electron chi connectivity index (χ0n) is 15.9. The molecule has 0 saturated heterocycles. The van der Waals surface area contributed by atoms with Crippen molar-refractivity contribution >= 4 is 23.4 Å². The van der Waals surface area contributed by atoms with Crippen LogP contribution in [0.25, 0.3) is 0 Å². The molecule has 6 nitrogen and oxygen atoms in total. The number of aliphatic carboxylic acids is 1. The van der Waals surface area contributed by atoms with Crippen LogP contribution in [0.3, 0.4) is 0 Å². The van der Waals surface area contributed by atoms with Gasteiger partial charge < -0.3 is 20.1 Å². The van der Waals surface area contributed by atoms with Crippen LogP contribution in [-0.2, 0) is 9.59 Å². The lowest BCUT2D eigenvalue weighted by atomic mass is 9.90. The van der Waals surface area contributed by atoms with Gasteiger partial charge >= 0.3 is 5.97 Å². The Labute approximate surface area is 174 Å². The number of Topliss-reactive ketones (excluding diaryl/α,β-unsaturated/α-hetero) is 1. The van der Waals surface area contributed by atoms with Crippen molar-refractivity contribution in [3.8, 4) is 5.75 Å². The van der Waals surface area contributed by atoms with E-state index in [1.54, 1.807) is 36.4 Å². The van der Waals surface area contributed by atoms with Crippen LogP contribution in [0.1, 0.15) is 19.3 Å². The van der Waals surface area contributed by atoms with Gasteiger partial charge in [-0.2, -0.15) is 0 Å². The summed E-state index contributed by atoms with van der Waals surface area (Å²) in [7, 11) is 0. The molecule has 156 valence electrons. The predicted molar refractivity (Wildman–Crippen MR) is 110 cm³/mol. The number of aliphatic hydroxyl groups is 2. The van der Waals surface area contributed by atoms with Gasteiger partial charge in [0.25, 0.3) is 0 Å². The summed E-state index contributed by atoms with van der Waals surface area (Å²) >= 11 is 5.88. The van der Waals surface area contributed by atoms with Gasteiger partial charge in [-0.05, 0) is 31.0 Å². The van der Waals surface area contributed by atoms with Crippen LogP contribution in [0, 0.1) is 11.8 Å². The van der Waals surface area contributed by atoms with Crippen LogP contribution in [0.5, 0.6) is 5.75 Å². The van der Waals surface area contributed by atoms with Crippen LogP contribution in [0.4, 0.5) is 0 Å². The quantitative estimate of drug-likeness (QED) is 0.396. The first-order valence-corrected chi connectivity index (χ1v) is 9.74. The zero-order valence-corrected chi connectivity index (χ0v) is 16.6. The van der Waals surface area contributed by atoms with E-state index in [1.807, 2.05) is 6.08 Å². The fourth-order valence-corrected chi connectivity index (χ4v) is 3.34. The number of carboxylic acids is 1. The van der Waals surface area contributed by atoms with Crippen molar-refractivity contribution in [2.75, 3.05) is 6.61 Å². The fraction of sp³-hybridized carbons (Fsp3) is 0.364. The van der Waals surface area contributed by atoms with Crippen molar-refractivity contribution in [2.45, 2.75) is 31.5 Å². The molecule has 1 saturated carbocycles. The summed E-state index contributed by atoms with van der Waals surface area (Å²) in [5, 5.41) is 29.3. The topological polar surface area (TPSA) is 104 Å². The Morgan fingerprint density at radius 3 is 2.83 bits per heavy atom. The highest BCUT2D eigenvalue weighted by atomic mass is 35.5. The van der Waals surface area contributed by atoms with E-state index in [0.717, 1.165) is 6.08 Å². The molecular formula is C22H25ClO6. The van der Waals surface area contributed by atoms with Crippen LogP contribution >= 0.6 is 11.6 Å². The number of halogens is 1. The Morgan fingerprint density at radius 2 is 2.10 bits per heavy atom. The SMILES string of the molecule is O=C(O)/C=C/C/C=C\C[C@H]1[C@@H](O)CC(=O)[C@@H]1/C=C/[C@@H](O)COc1cccc(Cl)c1. The number of benzene rings is 1. The molecule has 0 heterocycles. The van der Waals surface area contributed by atoms with Crippen molar-refractivity contribution in [1.82, 2.24) is 0 Å². The van der Waals surface area contributed by atoms with Gasteiger partial charge in [0.05, 0.1) is 6.10 Å². The number of carbonyl (C=O) groups excluding carboxylic acids is 1. The molecule has 0 radical (unpaired) electrons. The van der Waals surface area contributed by atoms with E-state index in [4.69, 9.17) is 21.4 Å². The Morgan fingerprint density at radius 1 is 1.31 bits per heavy atom. The number of hydrogen-bond donors (Lipinski definition) is 3. The van der Waals surface area contributed by atoms with Gasteiger partial charge in [-0.1, -0.05) is 48.0 Å². The molecule has 0 aromatic heterocycles.